The van der Waals surface area contributed by atoms with Crippen LogP contribution in [0.4, 0.5) is 5.13 Å². The fourth-order valence-corrected chi connectivity index (χ4v) is 2.52. The van der Waals surface area contributed by atoms with Crippen LogP contribution in [-0.4, -0.2) is 28.0 Å². The normalized spacial score (nSPS) is 27.5. The Balaban J connectivity index is 1.86. The molecule has 14 heavy (non-hydrogen) atoms. The first kappa shape index (κ1) is 9.86. The summed E-state index contributed by atoms with van der Waals surface area (Å²) in [4.78, 5) is 0. The molecule has 2 rings (SSSR count). The molecule has 1 aliphatic carbocycles. The lowest BCUT2D eigenvalue weighted by Crippen LogP contribution is -2.28. The Bertz CT molecular complexity index is 265. The molecule has 1 fully saturated rings. The van der Waals surface area contributed by atoms with Crippen LogP contribution in [0.2, 0.25) is 0 Å². The van der Waals surface area contributed by atoms with Crippen molar-refractivity contribution in [2.24, 2.45) is 5.92 Å². The van der Waals surface area contributed by atoms with Crippen LogP contribution in [-0.2, 0) is 0 Å². The number of aliphatic hydroxyl groups is 1. The number of aromatic nitrogens is 2. The summed E-state index contributed by atoms with van der Waals surface area (Å²) in [6.45, 7) is 0.314. The van der Waals surface area contributed by atoms with Gasteiger partial charge in [-0.15, -0.1) is 10.2 Å². The Labute approximate surface area is 87.4 Å². The van der Waals surface area contributed by atoms with E-state index in [0.29, 0.717) is 18.6 Å². The molecular formula is C9H15N3OS. The molecule has 5 heteroatoms. The molecule has 1 heterocycles. The van der Waals surface area contributed by atoms with Crippen LogP contribution in [0, 0.1) is 5.92 Å². The Hall–Kier alpha value is -0.680. The molecule has 0 bridgehead atoms. The molecule has 1 aliphatic rings. The number of anilines is 1. The third kappa shape index (κ3) is 2.42. The van der Waals surface area contributed by atoms with Gasteiger partial charge in [-0.05, 0) is 25.2 Å². The van der Waals surface area contributed by atoms with E-state index in [2.05, 4.69) is 15.5 Å². The lowest BCUT2D eigenvalue weighted by atomic mass is 9.86. The summed E-state index contributed by atoms with van der Waals surface area (Å²) < 4.78 is 0. The smallest absolute Gasteiger partial charge is 0.205 e. The van der Waals surface area contributed by atoms with Gasteiger partial charge in [0.1, 0.15) is 5.51 Å². The fourth-order valence-electron chi connectivity index (χ4n) is 2.00. The highest BCUT2D eigenvalue weighted by molar-refractivity contribution is 7.13. The number of rotatable bonds is 3. The predicted molar refractivity (Wildman–Crippen MR) is 56.4 cm³/mol. The summed E-state index contributed by atoms with van der Waals surface area (Å²) in [7, 11) is 0. The molecule has 0 radical (unpaired) electrons. The van der Waals surface area contributed by atoms with Crippen molar-refractivity contribution in [1.29, 1.82) is 0 Å². The number of aliphatic hydroxyl groups excluding tert-OH is 1. The molecule has 4 nitrogen and oxygen atoms in total. The first-order chi connectivity index (χ1) is 6.88. The molecular weight excluding hydrogens is 198 g/mol. The van der Waals surface area contributed by atoms with Gasteiger partial charge in [-0.3, -0.25) is 0 Å². The largest absolute Gasteiger partial charge is 0.396 e. The van der Waals surface area contributed by atoms with Gasteiger partial charge in [0.25, 0.3) is 0 Å². The summed E-state index contributed by atoms with van der Waals surface area (Å²) in [5.74, 6) is 0.467. The van der Waals surface area contributed by atoms with E-state index in [1.165, 1.54) is 24.2 Å². The van der Waals surface area contributed by atoms with E-state index in [-0.39, 0.29) is 0 Å². The van der Waals surface area contributed by atoms with Crippen LogP contribution in [0.3, 0.4) is 0 Å². The average Bonchev–Trinajstić information content (AvgIpc) is 2.71. The van der Waals surface area contributed by atoms with Gasteiger partial charge in [-0.2, -0.15) is 0 Å². The van der Waals surface area contributed by atoms with E-state index < -0.39 is 0 Å². The maximum Gasteiger partial charge on any atom is 0.205 e. The molecule has 2 N–H and O–H groups in total. The second-order valence-corrected chi connectivity index (χ2v) is 4.63. The second kappa shape index (κ2) is 4.70. The molecule has 1 aromatic heterocycles. The van der Waals surface area contributed by atoms with Gasteiger partial charge >= 0.3 is 0 Å². The zero-order valence-corrected chi connectivity index (χ0v) is 8.83. The SMILES string of the molecule is OCC1CCCC(Nc2nncs2)C1. The first-order valence-corrected chi connectivity index (χ1v) is 5.90. The van der Waals surface area contributed by atoms with Gasteiger partial charge in [0.2, 0.25) is 5.13 Å². The highest BCUT2D eigenvalue weighted by Gasteiger charge is 2.21. The number of nitrogens with zero attached hydrogens (tertiary/aromatic N) is 2. The Morgan fingerprint density at radius 3 is 3.21 bits per heavy atom. The van der Waals surface area contributed by atoms with Crippen LogP contribution < -0.4 is 5.32 Å². The zero-order chi connectivity index (χ0) is 9.80. The summed E-state index contributed by atoms with van der Waals surface area (Å²) in [6.07, 6.45) is 4.58. The van der Waals surface area contributed by atoms with E-state index in [1.54, 1.807) is 5.51 Å². The van der Waals surface area contributed by atoms with Crippen molar-refractivity contribution in [2.75, 3.05) is 11.9 Å². The lowest BCUT2D eigenvalue weighted by molar-refractivity contribution is 0.184. The van der Waals surface area contributed by atoms with Crippen LogP contribution in [0.15, 0.2) is 5.51 Å². The molecule has 0 amide bonds. The molecule has 0 saturated heterocycles. The van der Waals surface area contributed by atoms with E-state index >= 15 is 0 Å². The second-order valence-electron chi connectivity index (χ2n) is 3.80. The molecule has 1 aromatic rings. The molecule has 2 unspecified atom stereocenters. The fraction of sp³-hybridized carbons (Fsp3) is 0.778. The Kier molecular flexibility index (Phi) is 3.31. The van der Waals surface area contributed by atoms with Gasteiger partial charge in [-0.1, -0.05) is 17.8 Å². The first-order valence-electron chi connectivity index (χ1n) is 5.02. The van der Waals surface area contributed by atoms with Crippen LogP contribution in [0.5, 0.6) is 0 Å². The average molecular weight is 213 g/mol. The summed E-state index contributed by atoms with van der Waals surface area (Å²) >= 11 is 1.53. The van der Waals surface area contributed by atoms with E-state index in [0.717, 1.165) is 18.0 Å². The molecule has 0 aromatic carbocycles. The van der Waals surface area contributed by atoms with Crippen LogP contribution in [0.1, 0.15) is 25.7 Å². The van der Waals surface area contributed by atoms with Crippen molar-refractivity contribution in [3.63, 3.8) is 0 Å². The molecule has 0 spiro atoms. The number of hydrogen-bond donors (Lipinski definition) is 2. The number of nitrogens with one attached hydrogen (secondary N) is 1. The minimum atomic E-state index is 0.314. The van der Waals surface area contributed by atoms with E-state index in [1.807, 2.05) is 0 Å². The van der Waals surface area contributed by atoms with Crippen molar-refractivity contribution in [1.82, 2.24) is 10.2 Å². The maximum atomic E-state index is 9.08. The minimum Gasteiger partial charge on any atom is -0.396 e. The van der Waals surface area contributed by atoms with Crippen molar-refractivity contribution in [2.45, 2.75) is 31.7 Å². The topological polar surface area (TPSA) is 58.0 Å². The molecule has 0 aliphatic heterocycles. The quantitative estimate of drug-likeness (QED) is 0.799. The minimum absolute atomic E-state index is 0.314. The Morgan fingerprint density at radius 1 is 1.57 bits per heavy atom. The van der Waals surface area contributed by atoms with Gasteiger partial charge in [0, 0.05) is 12.6 Å². The molecule has 2 atom stereocenters. The molecule has 78 valence electrons. The summed E-state index contributed by atoms with van der Waals surface area (Å²) in [5, 5.41) is 21.1. The highest BCUT2D eigenvalue weighted by Crippen LogP contribution is 2.26. The monoisotopic (exact) mass is 213 g/mol. The van der Waals surface area contributed by atoms with Gasteiger partial charge in [-0.25, -0.2) is 0 Å². The molecule has 1 saturated carbocycles. The summed E-state index contributed by atoms with van der Waals surface area (Å²) in [5.41, 5.74) is 1.73. The number of hydrogen-bond acceptors (Lipinski definition) is 5. The van der Waals surface area contributed by atoms with E-state index in [9.17, 15) is 0 Å². The highest BCUT2D eigenvalue weighted by atomic mass is 32.1. The third-order valence-electron chi connectivity index (χ3n) is 2.73. The maximum absolute atomic E-state index is 9.08. The van der Waals surface area contributed by atoms with Crippen molar-refractivity contribution < 1.29 is 5.11 Å². The standard InChI is InChI=1S/C9H15N3OS/c13-5-7-2-1-3-8(4-7)11-9-12-10-6-14-9/h6-8,13H,1-5H2,(H,11,12). The Morgan fingerprint density at radius 2 is 2.50 bits per heavy atom. The van der Waals surface area contributed by atoms with E-state index in [4.69, 9.17) is 5.11 Å². The predicted octanol–water partition coefficient (Wildman–Crippen LogP) is 1.50. The third-order valence-corrected chi connectivity index (χ3v) is 3.35. The lowest BCUT2D eigenvalue weighted by Gasteiger charge is -2.28. The van der Waals surface area contributed by atoms with Crippen molar-refractivity contribution in [3.8, 4) is 0 Å². The van der Waals surface area contributed by atoms with Gasteiger partial charge in [0.05, 0.1) is 0 Å². The van der Waals surface area contributed by atoms with Crippen LogP contribution >= 0.6 is 11.3 Å². The van der Waals surface area contributed by atoms with Crippen molar-refractivity contribution in [3.05, 3.63) is 5.51 Å². The van der Waals surface area contributed by atoms with Crippen molar-refractivity contribution >= 4 is 16.5 Å². The van der Waals surface area contributed by atoms with Crippen LogP contribution in [0.25, 0.3) is 0 Å². The summed E-state index contributed by atoms with van der Waals surface area (Å²) in [6, 6.07) is 0.467. The van der Waals surface area contributed by atoms with Gasteiger partial charge in [0.15, 0.2) is 0 Å². The van der Waals surface area contributed by atoms with Gasteiger partial charge < -0.3 is 10.4 Å². The zero-order valence-electron chi connectivity index (χ0n) is 8.02.